The van der Waals surface area contributed by atoms with Crippen molar-refractivity contribution < 1.29 is 4.74 Å². The van der Waals surface area contributed by atoms with Gasteiger partial charge in [0.1, 0.15) is 0 Å². The monoisotopic (exact) mass is 257 g/mol. The first-order valence-corrected chi connectivity index (χ1v) is 7.23. The van der Waals surface area contributed by atoms with Gasteiger partial charge in [-0.1, -0.05) is 6.92 Å². The van der Waals surface area contributed by atoms with Gasteiger partial charge in [0.05, 0.1) is 19.3 Å². The number of aryl methyl sites for hydroxylation is 1. The summed E-state index contributed by atoms with van der Waals surface area (Å²) in [4.78, 5) is 0. The Bertz CT molecular complexity index is 315. The first-order valence-electron chi connectivity index (χ1n) is 6.08. The van der Waals surface area contributed by atoms with Crippen molar-refractivity contribution in [3.8, 4) is 0 Å². The summed E-state index contributed by atoms with van der Waals surface area (Å²) in [7, 11) is 1.72. The van der Waals surface area contributed by atoms with Gasteiger partial charge in [-0.15, -0.1) is 0 Å². The van der Waals surface area contributed by atoms with E-state index in [2.05, 4.69) is 28.9 Å². The highest BCUT2D eigenvalue weighted by molar-refractivity contribution is 7.99. The quantitative estimate of drug-likeness (QED) is 0.683. The van der Waals surface area contributed by atoms with E-state index in [1.54, 1.807) is 7.11 Å². The maximum atomic E-state index is 4.99. The molecular weight excluding hydrogens is 234 g/mol. The van der Waals surface area contributed by atoms with Crippen LogP contribution in [0.5, 0.6) is 0 Å². The van der Waals surface area contributed by atoms with Gasteiger partial charge in [-0.25, -0.2) is 0 Å². The third-order valence-corrected chi connectivity index (χ3v) is 3.53. The molecule has 0 bridgehead atoms. The smallest absolute Gasteiger partial charge is 0.0587 e. The van der Waals surface area contributed by atoms with Crippen LogP contribution in [-0.2, 0) is 17.8 Å². The van der Waals surface area contributed by atoms with Gasteiger partial charge in [-0.05, 0) is 12.7 Å². The molecule has 98 valence electrons. The van der Waals surface area contributed by atoms with Crippen LogP contribution in [0.1, 0.15) is 18.2 Å². The van der Waals surface area contributed by atoms with Crippen molar-refractivity contribution in [3.05, 3.63) is 17.5 Å². The van der Waals surface area contributed by atoms with Crippen LogP contribution in [-0.4, -0.2) is 41.5 Å². The molecule has 0 aliphatic carbocycles. The van der Waals surface area contributed by atoms with E-state index in [-0.39, 0.29) is 0 Å². The fraction of sp³-hybridized carbons (Fsp3) is 0.750. The molecule has 4 nitrogen and oxygen atoms in total. The van der Waals surface area contributed by atoms with E-state index in [0.29, 0.717) is 0 Å². The molecule has 1 aromatic rings. The number of hydrogen-bond acceptors (Lipinski definition) is 4. The van der Waals surface area contributed by atoms with E-state index in [4.69, 9.17) is 4.74 Å². The average molecular weight is 257 g/mol. The van der Waals surface area contributed by atoms with Gasteiger partial charge in [0, 0.05) is 37.2 Å². The molecule has 5 heteroatoms. The molecule has 0 aliphatic rings. The maximum absolute atomic E-state index is 4.99. The molecular formula is C12H23N3OS. The Morgan fingerprint density at radius 1 is 1.53 bits per heavy atom. The molecule has 0 atom stereocenters. The van der Waals surface area contributed by atoms with Crippen molar-refractivity contribution in [1.82, 2.24) is 15.1 Å². The standard InChI is InChI=1S/C12H23N3OS/c1-4-17-8-6-15-11(2)12(10-14-15)9-13-5-7-16-3/h10,13H,4-9H2,1-3H3. The number of rotatable bonds is 9. The lowest BCUT2D eigenvalue weighted by Crippen LogP contribution is -2.19. The van der Waals surface area contributed by atoms with Crippen LogP contribution in [0.4, 0.5) is 0 Å². The Balaban J connectivity index is 2.35. The normalized spacial score (nSPS) is 11.0. The lowest BCUT2D eigenvalue weighted by atomic mass is 10.2. The highest BCUT2D eigenvalue weighted by Gasteiger charge is 2.05. The zero-order valence-corrected chi connectivity index (χ0v) is 11.8. The SMILES string of the molecule is CCSCCn1ncc(CNCCOC)c1C. The molecule has 0 spiro atoms. The van der Waals surface area contributed by atoms with Crippen LogP contribution in [0.15, 0.2) is 6.20 Å². The molecule has 0 fully saturated rings. The number of thioether (sulfide) groups is 1. The van der Waals surface area contributed by atoms with Gasteiger partial charge < -0.3 is 10.1 Å². The van der Waals surface area contributed by atoms with Crippen molar-refractivity contribution in [2.75, 3.05) is 31.8 Å². The number of nitrogens with one attached hydrogen (secondary N) is 1. The number of nitrogens with zero attached hydrogens (tertiary/aromatic N) is 2. The average Bonchev–Trinajstić information content (AvgIpc) is 2.67. The Kier molecular flexibility index (Phi) is 7.32. The molecule has 0 saturated carbocycles. The minimum atomic E-state index is 0.750. The minimum Gasteiger partial charge on any atom is -0.383 e. The highest BCUT2D eigenvalue weighted by Crippen LogP contribution is 2.08. The Hall–Kier alpha value is -0.520. The van der Waals surface area contributed by atoms with Crippen molar-refractivity contribution in [2.45, 2.75) is 26.9 Å². The summed E-state index contributed by atoms with van der Waals surface area (Å²) >= 11 is 1.95. The van der Waals surface area contributed by atoms with Crippen LogP contribution in [0.3, 0.4) is 0 Å². The third-order valence-electron chi connectivity index (χ3n) is 2.65. The molecule has 0 amide bonds. The van der Waals surface area contributed by atoms with E-state index >= 15 is 0 Å². The molecule has 17 heavy (non-hydrogen) atoms. The predicted octanol–water partition coefficient (Wildman–Crippen LogP) is 1.68. The van der Waals surface area contributed by atoms with E-state index in [0.717, 1.165) is 32.0 Å². The van der Waals surface area contributed by atoms with Crippen LogP contribution in [0, 0.1) is 6.92 Å². The maximum Gasteiger partial charge on any atom is 0.0587 e. The van der Waals surface area contributed by atoms with Crippen molar-refractivity contribution >= 4 is 11.8 Å². The first-order chi connectivity index (χ1) is 8.29. The number of hydrogen-bond donors (Lipinski definition) is 1. The molecule has 1 aromatic heterocycles. The molecule has 0 radical (unpaired) electrons. The first kappa shape index (κ1) is 14.5. The van der Waals surface area contributed by atoms with Crippen LogP contribution in [0.2, 0.25) is 0 Å². The molecule has 0 unspecified atom stereocenters. The highest BCUT2D eigenvalue weighted by atomic mass is 32.2. The fourth-order valence-corrected chi connectivity index (χ4v) is 2.17. The third kappa shape index (κ3) is 5.10. The van der Waals surface area contributed by atoms with Crippen molar-refractivity contribution in [3.63, 3.8) is 0 Å². The number of methoxy groups -OCH3 is 1. The van der Waals surface area contributed by atoms with Crippen LogP contribution >= 0.6 is 11.8 Å². The number of ether oxygens (including phenoxy) is 1. The van der Waals surface area contributed by atoms with Crippen molar-refractivity contribution in [2.24, 2.45) is 0 Å². The van der Waals surface area contributed by atoms with Gasteiger partial charge in [-0.2, -0.15) is 16.9 Å². The lowest BCUT2D eigenvalue weighted by molar-refractivity contribution is 0.199. The van der Waals surface area contributed by atoms with Gasteiger partial charge in [0.2, 0.25) is 0 Å². The van der Waals surface area contributed by atoms with E-state index < -0.39 is 0 Å². The van der Waals surface area contributed by atoms with E-state index in [1.807, 2.05) is 18.0 Å². The number of aromatic nitrogens is 2. The summed E-state index contributed by atoms with van der Waals surface area (Å²) in [5, 5.41) is 7.76. The molecule has 0 aliphatic heterocycles. The van der Waals surface area contributed by atoms with Crippen molar-refractivity contribution in [1.29, 1.82) is 0 Å². The van der Waals surface area contributed by atoms with E-state index in [9.17, 15) is 0 Å². The summed E-state index contributed by atoms with van der Waals surface area (Å²) in [6.07, 6.45) is 1.96. The zero-order valence-electron chi connectivity index (χ0n) is 11.0. The lowest BCUT2D eigenvalue weighted by Gasteiger charge is -2.06. The van der Waals surface area contributed by atoms with Gasteiger partial charge >= 0.3 is 0 Å². The van der Waals surface area contributed by atoms with Crippen LogP contribution < -0.4 is 5.32 Å². The second-order valence-corrected chi connectivity index (χ2v) is 5.24. The second kappa shape index (κ2) is 8.55. The minimum absolute atomic E-state index is 0.750. The zero-order chi connectivity index (χ0) is 12.5. The van der Waals surface area contributed by atoms with Crippen LogP contribution in [0.25, 0.3) is 0 Å². The molecule has 1 heterocycles. The van der Waals surface area contributed by atoms with E-state index in [1.165, 1.54) is 17.0 Å². The Morgan fingerprint density at radius 2 is 2.35 bits per heavy atom. The van der Waals surface area contributed by atoms with Gasteiger partial charge in [-0.3, -0.25) is 4.68 Å². The fourth-order valence-electron chi connectivity index (χ4n) is 1.58. The summed E-state index contributed by atoms with van der Waals surface area (Å²) in [5.41, 5.74) is 2.55. The largest absolute Gasteiger partial charge is 0.383 e. The Labute approximate surface area is 108 Å². The van der Waals surface area contributed by atoms with Gasteiger partial charge in [0.15, 0.2) is 0 Å². The second-order valence-electron chi connectivity index (χ2n) is 3.84. The predicted molar refractivity (Wildman–Crippen MR) is 73.5 cm³/mol. The molecule has 1 N–H and O–H groups in total. The summed E-state index contributed by atoms with van der Waals surface area (Å²) in [5.74, 6) is 2.31. The Morgan fingerprint density at radius 3 is 3.06 bits per heavy atom. The molecule has 0 saturated heterocycles. The van der Waals surface area contributed by atoms with Gasteiger partial charge in [0.25, 0.3) is 0 Å². The molecule has 1 rings (SSSR count). The molecule has 0 aromatic carbocycles. The summed E-state index contributed by atoms with van der Waals surface area (Å²) < 4.78 is 7.09. The summed E-state index contributed by atoms with van der Waals surface area (Å²) in [6.45, 7) is 7.83. The topological polar surface area (TPSA) is 39.1 Å². The summed E-state index contributed by atoms with van der Waals surface area (Å²) in [6, 6.07) is 0.